The maximum absolute atomic E-state index is 12.7. The van der Waals surface area contributed by atoms with Crippen molar-refractivity contribution in [1.82, 2.24) is 9.88 Å². The van der Waals surface area contributed by atoms with Gasteiger partial charge in [-0.1, -0.05) is 28.1 Å². The Hall–Kier alpha value is -1.89. The van der Waals surface area contributed by atoms with Gasteiger partial charge in [0.15, 0.2) is 0 Å². The molecular weight excluding hydrogens is 373 g/mol. The summed E-state index contributed by atoms with van der Waals surface area (Å²) in [6, 6.07) is 6.61. The van der Waals surface area contributed by atoms with E-state index in [4.69, 9.17) is 0 Å². The molecule has 3 nitrogen and oxygen atoms in total. The number of hydrogen-bond acceptors (Lipinski definition) is 2. The number of fused-ring (bicyclic) bond motifs is 1. The number of benzene rings is 1. The summed E-state index contributed by atoms with van der Waals surface area (Å²) in [6.07, 6.45) is -3.20. The quantitative estimate of drug-likeness (QED) is 0.724. The molecule has 0 unspecified atom stereocenters. The van der Waals surface area contributed by atoms with Gasteiger partial charge in [0, 0.05) is 22.1 Å². The molecule has 2 rings (SSSR count). The lowest BCUT2D eigenvalue weighted by atomic mass is 10.1. The summed E-state index contributed by atoms with van der Waals surface area (Å²) in [5.74, 6) is -0.694. The van der Waals surface area contributed by atoms with Gasteiger partial charge in [-0.05, 0) is 25.1 Å². The molecule has 0 aliphatic rings. The van der Waals surface area contributed by atoms with Crippen molar-refractivity contribution in [3.63, 3.8) is 0 Å². The van der Waals surface area contributed by atoms with E-state index in [-0.39, 0.29) is 12.1 Å². The van der Waals surface area contributed by atoms with Crippen LogP contribution in [0.15, 0.2) is 41.4 Å². The second kappa shape index (κ2) is 6.70. The van der Waals surface area contributed by atoms with Crippen LogP contribution >= 0.6 is 15.9 Å². The number of halogens is 4. The molecule has 23 heavy (non-hydrogen) atoms. The van der Waals surface area contributed by atoms with Crippen LogP contribution in [0.4, 0.5) is 13.2 Å². The molecule has 2 aromatic rings. The molecule has 0 saturated carbocycles. The first-order chi connectivity index (χ1) is 10.7. The van der Waals surface area contributed by atoms with E-state index in [0.717, 1.165) is 9.37 Å². The van der Waals surface area contributed by atoms with Crippen molar-refractivity contribution < 1.29 is 18.0 Å². The average Bonchev–Trinajstić information content (AvgIpc) is 2.43. The third-order valence-corrected chi connectivity index (χ3v) is 3.63. The Labute approximate surface area is 139 Å². The van der Waals surface area contributed by atoms with Crippen LogP contribution < -0.4 is 0 Å². The summed E-state index contributed by atoms with van der Waals surface area (Å²) >= 11 is 3.31. The van der Waals surface area contributed by atoms with Crippen LogP contribution in [0.1, 0.15) is 16.1 Å². The van der Waals surface area contributed by atoms with E-state index >= 15 is 0 Å². The topological polar surface area (TPSA) is 33.2 Å². The van der Waals surface area contributed by atoms with Gasteiger partial charge < -0.3 is 4.90 Å². The first kappa shape index (κ1) is 17.5. The number of carbonyl (C=O) groups is 1. The minimum absolute atomic E-state index is 0.183. The van der Waals surface area contributed by atoms with Crippen molar-refractivity contribution in [3.8, 4) is 0 Å². The number of hydrogen-bond donors (Lipinski definition) is 0. The highest BCUT2D eigenvalue weighted by Crippen LogP contribution is 2.25. The molecule has 0 saturated heterocycles. The smallest absolute Gasteiger partial charge is 0.326 e. The molecule has 1 aromatic heterocycles. The van der Waals surface area contributed by atoms with E-state index in [1.165, 1.54) is 12.1 Å². The predicted molar refractivity (Wildman–Crippen MR) is 86.3 cm³/mol. The second-order valence-corrected chi connectivity index (χ2v) is 5.98. The van der Waals surface area contributed by atoms with Crippen LogP contribution in [0.3, 0.4) is 0 Å². The standard InChI is InChI=1S/C16H14BrF3N2O/c1-3-6-22(9-16(18,19)20)15(23)13-7-10(2)21-14-8-11(17)4-5-12(13)14/h3-5,7-8H,1,6,9H2,2H3. The predicted octanol–water partition coefficient (Wildman–Crippen LogP) is 4.50. The van der Waals surface area contributed by atoms with E-state index in [0.29, 0.717) is 16.6 Å². The third kappa shape index (κ3) is 4.31. The molecule has 0 atom stereocenters. The Kier molecular flexibility index (Phi) is 5.09. The zero-order chi connectivity index (χ0) is 17.2. The number of rotatable bonds is 4. The summed E-state index contributed by atoms with van der Waals surface area (Å²) in [5.41, 5.74) is 1.31. The van der Waals surface area contributed by atoms with E-state index in [9.17, 15) is 18.0 Å². The first-order valence-corrected chi connectivity index (χ1v) is 7.54. The molecule has 0 fully saturated rings. The lowest BCUT2D eigenvalue weighted by Gasteiger charge is -2.23. The van der Waals surface area contributed by atoms with E-state index < -0.39 is 18.6 Å². The van der Waals surface area contributed by atoms with Gasteiger partial charge in [0.25, 0.3) is 5.91 Å². The fourth-order valence-electron chi connectivity index (χ4n) is 2.27. The average molecular weight is 387 g/mol. The van der Waals surface area contributed by atoms with Crippen molar-refractivity contribution in [2.24, 2.45) is 0 Å². The molecule has 0 radical (unpaired) electrons. The summed E-state index contributed by atoms with van der Waals surface area (Å²) in [6.45, 7) is 3.61. The fraction of sp³-hybridized carbons (Fsp3) is 0.250. The number of nitrogens with zero attached hydrogens (tertiary/aromatic N) is 2. The van der Waals surface area contributed by atoms with Gasteiger partial charge in [-0.3, -0.25) is 9.78 Å². The molecule has 0 bridgehead atoms. The van der Waals surface area contributed by atoms with Gasteiger partial charge in [0.1, 0.15) is 6.54 Å². The maximum atomic E-state index is 12.7. The normalized spacial score (nSPS) is 11.5. The lowest BCUT2D eigenvalue weighted by molar-refractivity contribution is -0.139. The summed E-state index contributed by atoms with van der Waals surface area (Å²) < 4.78 is 38.9. The highest BCUT2D eigenvalue weighted by Gasteiger charge is 2.33. The van der Waals surface area contributed by atoms with Crippen LogP contribution in [0.25, 0.3) is 10.9 Å². The van der Waals surface area contributed by atoms with Crippen LogP contribution in [0.5, 0.6) is 0 Å². The van der Waals surface area contributed by atoms with Crippen LogP contribution in [0, 0.1) is 6.92 Å². The Bertz CT molecular complexity index is 754. The zero-order valence-electron chi connectivity index (χ0n) is 12.3. The van der Waals surface area contributed by atoms with Crippen molar-refractivity contribution in [2.75, 3.05) is 13.1 Å². The van der Waals surface area contributed by atoms with Gasteiger partial charge in [0.05, 0.1) is 11.1 Å². The Balaban J connectivity index is 2.52. The first-order valence-electron chi connectivity index (χ1n) is 6.75. The summed E-state index contributed by atoms with van der Waals surface area (Å²) in [5, 5.41) is 0.514. The number of alkyl halides is 3. The number of pyridine rings is 1. The van der Waals surface area contributed by atoms with Gasteiger partial charge in [-0.2, -0.15) is 13.2 Å². The molecule has 0 N–H and O–H groups in total. The van der Waals surface area contributed by atoms with Crippen LogP contribution in [-0.2, 0) is 0 Å². The van der Waals surface area contributed by atoms with Crippen molar-refractivity contribution in [3.05, 3.63) is 52.7 Å². The molecule has 1 aromatic carbocycles. The molecule has 1 heterocycles. The minimum Gasteiger partial charge on any atom is -0.326 e. The number of aromatic nitrogens is 1. The van der Waals surface area contributed by atoms with E-state index in [2.05, 4.69) is 27.5 Å². The zero-order valence-corrected chi connectivity index (χ0v) is 13.9. The number of amides is 1. The van der Waals surface area contributed by atoms with Gasteiger partial charge in [0.2, 0.25) is 0 Å². The molecule has 7 heteroatoms. The molecular formula is C16H14BrF3N2O. The Morgan fingerprint density at radius 2 is 2.09 bits per heavy atom. The Morgan fingerprint density at radius 1 is 1.39 bits per heavy atom. The SMILES string of the molecule is C=CCN(CC(F)(F)F)C(=O)c1cc(C)nc2cc(Br)ccc12. The van der Waals surface area contributed by atoms with E-state index in [1.807, 2.05) is 0 Å². The van der Waals surface area contributed by atoms with Crippen molar-refractivity contribution in [1.29, 1.82) is 0 Å². The van der Waals surface area contributed by atoms with E-state index in [1.54, 1.807) is 25.1 Å². The molecule has 122 valence electrons. The third-order valence-electron chi connectivity index (χ3n) is 3.14. The molecule has 0 spiro atoms. The molecule has 1 amide bonds. The Morgan fingerprint density at radius 3 is 2.70 bits per heavy atom. The largest absolute Gasteiger partial charge is 0.406 e. The lowest BCUT2D eigenvalue weighted by Crippen LogP contribution is -2.39. The highest BCUT2D eigenvalue weighted by molar-refractivity contribution is 9.10. The molecule has 0 aliphatic carbocycles. The molecule has 0 aliphatic heterocycles. The maximum Gasteiger partial charge on any atom is 0.406 e. The van der Waals surface area contributed by atoms with Crippen LogP contribution in [0.2, 0.25) is 0 Å². The van der Waals surface area contributed by atoms with Crippen molar-refractivity contribution >= 4 is 32.7 Å². The van der Waals surface area contributed by atoms with Crippen LogP contribution in [-0.4, -0.2) is 35.1 Å². The van der Waals surface area contributed by atoms with Gasteiger partial charge >= 0.3 is 6.18 Å². The van der Waals surface area contributed by atoms with Crippen molar-refractivity contribution in [2.45, 2.75) is 13.1 Å². The number of aryl methyl sites for hydroxylation is 1. The highest BCUT2D eigenvalue weighted by atomic mass is 79.9. The minimum atomic E-state index is -4.47. The van der Waals surface area contributed by atoms with Gasteiger partial charge in [-0.25, -0.2) is 0 Å². The second-order valence-electron chi connectivity index (χ2n) is 5.06. The van der Waals surface area contributed by atoms with Gasteiger partial charge in [-0.15, -0.1) is 6.58 Å². The monoisotopic (exact) mass is 386 g/mol. The summed E-state index contributed by atoms with van der Waals surface area (Å²) in [7, 11) is 0. The fourth-order valence-corrected chi connectivity index (χ4v) is 2.62. The summed E-state index contributed by atoms with van der Waals surface area (Å²) in [4.78, 5) is 17.6. The number of carbonyl (C=O) groups excluding carboxylic acids is 1.